The summed E-state index contributed by atoms with van der Waals surface area (Å²) in [6.07, 6.45) is 0. The van der Waals surface area contributed by atoms with Crippen molar-refractivity contribution in [3.05, 3.63) is 75.7 Å². The number of rotatable bonds is 2. The van der Waals surface area contributed by atoms with E-state index in [1.54, 1.807) is 19.1 Å². The van der Waals surface area contributed by atoms with Crippen molar-refractivity contribution in [1.29, 1.82) is 0 Å². The van der Waals surface area contributed by atoms with Crippen LogP contribution in [0, 0.1) is 18.8 Å². The van der Waals surface area contributed by atoms with Crippen molar-refractivity contribution in [3.63, 3.8) is 0 Å². The third kappa shape index (κ3) is 3.64. The fourth-order valence-electron chi connectivity index (χ4n) is 1.97. The van der Waals surface area contributed by atoms with E-state index in [0.717, 1.165) is 11.1 Å². The van der Waals surface area contributed by atoms with Gasteiger partial charge in [0.25, 0.3) is 0 Å². The Kier molecular flexibility index (Phi) is 4.30. The van der Waals surface area contributed by atoms with Gasteiger partial charge in [-0.05, 0) is 37.6 Å². The molecular formula is C17H15N3O. The molecule has 1 unspecified atom stereocenters. The lowest BCUT2D eigenvalue weighted by atomic mass is 9.93. The van der Waals surface area contributed by atoms with Crippen molar-refractivity contribution in [1.82, 2.24) is 0 Å². The average molecular weight is 277 g/mol. The standard InChI is InChI=1S/C17H15N3O/c1-13-8-9-15(16(12-13)19-20-18)17(2,21)11-10-14-6-4-3-5-7-14/h3-9,12,21H,1-2H3. The second-order valence-electron chi connectivity index (χ2n) is 4.90. The van der Waals surface area contributed by atoms with Gasteiger partial charge in [0, 0.05) is 21.7 Å². The van der Waals surface area contributed by atoms with Crippen LogP contribution >= 0.6 is 0 Å². The van der Waals surface area contributed by atoms with Gasteiger partial charge in [-0.2, -0.15) is 0 Å². The molecule has 0 bridgehead atoms. The zero-order valence-electron chi connectivity index (χ0n) is 11.9. The smallest absolute Gasteiger partial charge is 0.148 e. The molecule has 0 radical (unpaired) electrons. The van der Waals surface area contributed by atoms with Crippen LogP contribution in [-0.2, 0) is 5.60 Å². The van der Waals surface area contributed by atoms with E-state index in [-0.39, 0.29) is 0 Å². The van der Waals surface area contributed by atoms with Gasteiger partial charge in [-0.25, -0.2) is 0 Å². The molecular weight excluding hydrogens is 262 g/mol. The van der Waals surface area contributed by atoms with Crippen LogP contribution in [0.3, 0.4) is 0 Å². The largest absolute Gasteiger partial charge is 0.374 e. The van der Waals surface area contributed by atoms with E-state index in [1.807, 2.05) is 43.3 Å². The number of hydrogen-bond donors (Lipinski definition) is 1. The summed E-state index contributed by atoms with van der Waals surface area (Å²) in [5.41, 5.74) is 9.91. The van der Waals surface area contributed by atoms with Crippen LogP contribution in [0.5, 0.6) is 0 Å². The molecule has 0 saturated heterocycles. The molecule has 0 heterocycles. The summed E-state index contributed by atoms with van der Waals surface area (Å²) < 4.78 is 0. The first kappa shape index (κ1) is 14.7. The van der Waals surface area contributed by atoms with E-state index in [9.17, 15) is 5.11 Å². The first-order chi connectivity index (χ1) is 10.0. The maximum atomic E-state index is 10.6. The molecule has 0 amide bonds. The summed E-state index contributed by atoms with van der Waals surface area (Å²) >= 11 is 0. The first-order valence-corrected chi connectivity index (χ1v) is 6.50. The van der Waals surface area contributed by atoms with E-state index in [2.05, 4.69) is 21.9 Å². The predicted octanol–water partition coefficient (Wildman–Crippen LogP) is 4.20. The molecule has 1 N–H and O–H groups in total. The number of azide groups is 1. The molecule has 4 heteroatoms. The lowest BCUT2D eigenvalue weighted by Gasteiger charge is -2.19. The maximum absolute atomic E-state index is 10.6. The lowest BCUT2D eigenvalue weighted by Crippen LogP contribution is -2.18. The van der Waals surface area contributed by atoms with Gasteiger partial charge in [-0.1, -0.05) is 52.9 Å². The zero-order valence-corrected chi connectivity index (χ0v) is 11.9. The monoisotopic (exact) mass is 277 g/mol. The lowest BCUT2D eigenvalue weighted by molar-refractivity contribution is 0.123. The van der Waals surface area contributed by atoms with Crippen molar-refractivity contribution >= 4 is 5.69 Å². The Balaban J connectivity index is 2.45. The molecule has 2 aromatic rings. The molecule has 0 aromatic heterocycles. The molecule has 2 rings (SSSR count). The molecule has 4 nitrogen and oxygen atoms in total. The Bertz CT molecular complexity index is 749. The van der Waals surface area contributed by atoms with Gasteiger partial charge < -0.3 is 5.11 Å². The minimum absolute atomic E-state index is 0.393. The van der Waals surface area contributed by atoms with Gasteiger partial charge in [-0.15, -0.1) is 0 Å². The Hall–Kier alpha value is -2.73. The SMILES string of the molecule is Cc1ccc(C(C)(O)C#Cc2ccccc2)c(N=[N+]=[N-])c1. The van der Waals surface area contributed by atoms with E-state index in [0.29, 0.717) is 11.3 Å². The van der Waals surface area contributed by atoms with E-state index < -0.39 is 5.60 Å². The number of nitrogens with zero attached hydrogens (tertiary/aromatic N) is 3. The van der Waals surface area contributed by atoms with Gasteiger partial charge in [0.15, 0.2) is 0 Å². The van der Waals surface area contributed by atoms with Crippen molar-refractivity contribution in [2.24, 2.45) is 5.11 Å². The minimum atomic E-state index is -1.40. The van der Waals surface area contributed by atoms with Crippen LogP contribution in [0.2, 0.25) is 0 Å². The number of benzene rings is 2. The van der Waals surface area contributed by atoms with Gasteiger partial charge in [0.05, 0.1) is 0 Å². The van der Waals surface area contributed by atoms with Gasteiger partial charge in [-0.3, -0.25) is 0 Å². The Labute approximate surface area is 123 Å². The molecule has 0 saturated carbocycles. The summed E-state index contributed by atoms with van der Waals surface area (Å²) in [7, 11) is 0. The molecule has 104 valence electrons. The fraction of sp³-hybridized carbons (Fsp3) is 0.176. The highest BCUT2D eigenvalue weighted by Crippen LogP contribution is 2.31. The zero-order chi connectivity index (χ0) is 15.3. The highest BCUT2D eigenvalue weighted by atomic mass is 16.3. The highest BCUT2D eigenvalue weighted by Gasteiger charge is 2.23. The summed E-state index contributed by atoms with van der Waals surface area (Å²) in [6, 6.07) is 14.7. The van der Waals surface area contributed by atoms with Crippen LogP contribution in [0.15, 0.2) is 53.6 Å². The third-order valence-corrected chi connectivity index (χ3v) is 3.05. The summed E-state index contributed by atoms with van der Waals surface area (Å²) in [4.78, 5) is 2.81. The average Bonchev–Trinajstić information content (AvgIpc) is 2.47. The molecule has 1 atom stereocenters. The quantitative estimate of drug-likeness (QED) is 0.380. The fourth-order valence-corrected chi connectivity index (χ4v) is 1.97. The van der Waals surface area contributed by atoms with Crippen LogP contribution in [0.25, 0.3) is 10.4 Å². The normalized spacial score (nSPS) is 12.5. The first-order valence-electron chi connectivity index (χ1n) is 6.50. The molecule has 21 heavy (non-hydrogen) atoms. The van der Waals surface area contributed by atoms with E-state index >= 15 is 0 Å². The topological polar surface area (TPSA) is 69.0 Å². The highest BCUT2D eigenvalue weighted by molar-refractivity contribution is 5.54. The molecule has 0 aliphatic carbocycles. The Morgan fingerprint density at radius 1 is 1.19 bits per heavy atom. The Morgan fingerprint density at radius 3 is 2.57 bits per heavy atom. The van der Waals surface area contributed by atoms with Crippen molar-refractivity contribution in [3.8, 4) is 11.8 Å². The van der Waals surface area contributed by atoms with Crippen molar-refractivity contribution in [2.45, 2.75) is 19.4 Å². The maximum Gasteiger partial charge on any atom is 0.148 e. The second kappa shape index (κ2) is 6.15. The molecule has 0 aliphatic rings. The van der Waals surface area contributed by atoms with E-state index in [4.69, 9.17) is 5.53 Å². The van der Waals surface area contributed by atoms with Gasteiger partial charge in [0.1, 0.15) is 5.60 Å². The van der Waals surface area contributed by atoms with E-state index in [1.165, 1.54) is 0 Å². The van der Waals surface area contributed by atoms with Crippen LogP contribution in [0.4, 0.5) is 5.69 Å². The Morgan fingerprint density at radius 2 is 1.90 bits per heavy atom. The minimum Gasteiger partial charge on any atom is -0.374 e. The summed E-state index contributed by atoms with van der Waals surface area (Å²) in [5, 5.41) is 14.2. The number of aryl methyl sites for hydroxylation is 1. The van der Waals surface area contributed by atoms with Crippen LogP contribution < -0.4 is 0 Å². The third-order valence-electron chi connectivity index (χ3n) is 3.05. The summed E-state index contributed by atoms with van der Waals surface area (Å²) in [5.74, 6) is 5.76. The van der Waals surface area contributed by atoms with Crippen LogP contribution in [0.1, 0.15) is 23.6 Å². The predicted molar refractivity (Wildman–Crippen MR) is 82.9 cm³/mol. The molecule has 0 aliphatic heterocycles. The second-order valence-corrected chi connectivity index (χ2v) is 4.90. The number of hydrogen-bond acceptors (Lipinski definition) is 2. The van der Waals surface area contributed by atoms with Gasteiger partial charge >= 0.3 is 0 Å². The van der Waals surface area contributed by atoms with Crippen molar-refractivity contribution in [2.75, 3.05) is 0 Å². The van der Waals surface area contributed by atoms with Crippen molar-refractivity contribution < 1.29 is 5.11 Å². The molecule has 0 fully saturated rings. The van der Waals surface area contributed by atoms with Crippen LogP contribution in [-0.4, -0.2) is 5.11 Å². The number of aliphatic hydroxyl groups is 1. The summed E-state index contributed by atoms with van der Waals surface area (Å²) in [6.45, 7) is 3.48. The molecule has 2 aromatic carbocycles. The molecule has 0 spiro atoms. The van der Waals surface area contributed by atoms with Gasteiger partial charge in [0.2, 0.25) is 0 Å².